The van der Waals surface area contributed by atoms with Crippen molar-refractivity contribution in [3.63, 3.8) is 0 Å². The van der Waals surface area contributed by atoms with Gasteiger partial charge in [0.2, 0.25) is 0 Å². The number of carbonyl (C=O) groups is 2. The molecular formula is C26H39NO5. The van der Waals surface area contributed by atoms with Gasteiger partial charge in [0.05, 0.1) is 24.6 Å². The van der Waals surface area contributed by atoms with Gasteiger partial charge in [-0.25, -0.2) is 0 Å². The molecule has 3 aliphatic rings. The summed E-state index contributed by atoms with van der Waals surface area (Å²) in [5.41, 5.74) is 1.57. The monoisotopic (exact) mass is 445 g/mol. The molecular weight excluding hydrogens is 406 g/mol. The maximum absolute atomic E-state index is 13.1. The summed E-state index contributed by atoms with van der Waals surface area (Å²) in [4.78, 5) is 25.5. The van der Waals surface area contributed by atoms with Crippen molar-refractivity contribution >= 4 is 11.9 Å². The summed E-state index contributed by atoms with van der Waals surface area (Å²) in [6.07, 6.45) is 6.89. The largest absolute Gasteiger partial charge is 0.469 e. The molecule has 6 heteroatoms. The Hall–Kier alpha value is -1.85. The highest BCUT2D eigenvalue weighted by molar-refractivity contribution is 5.79. The summed E-state index contributed by atoms with van der Waals surface area (Å²) in [7, 11) is 1.41. The van der Waals surface area contributed by atoms with E-state index in [0.717, 1.165) is 49.0 Å². The summed E-state index contributed by atoms with van der Waals surface area (Å²) >= 11 is 0. The van der Waals surface area contributed by atoms with E-state index in [9.17, 15) is 9.59 Å². The molecule has 0 aromatic carbocycles. The molecule has 0 amide bonds. The molecule has 6 nitrogen and oxygen atoms in total. The van der Waals surface area contributed by atoms with E-state index in [1.807, 2.05) is 20.8 Å². The second-order valence-corrected chi connectivity index (χ2v) is 11.7. The van der Waals surface area contributed by atoms with Crippen molar-refractivity contribution in [1.29, 1.82) is 0 Å². The lowest BCUT2D eigenvalue weighted by Gasteiger charge is -2.35. The molecule has 0 bridgehead atoms. The van der Waals surface area contributed by atoms with Crippen molar-refractivity contribution in [2.24, 2.45) is 23.7 Å². The molecule has 1 heterocycles. The van der Waals surface area contributed by atoms with Gasteiger partial charge >= 0.3 is 11.9 Å². The van der Waals surface area contributed by atoms with Gasteiger partial charge in [-0.1, -0.05) is 19.0 Å². The molecule has 32 heavy (non-hydrogen) atoms. The lowest BCUT2D eigenvalue weighted by atomic mass is 9.69. The highest BCUT2D eigenvalue weighted by Gasteiger charge is 2.49. The third-order valence-electron chi connectivity index (χ3n) is 7.34. The normalized spacial score (nSPS) is 30.3. The van der Waals surface area contributed by atoms with Gasteiger partial charge in [-0.2, -0.15) is 0 Å². The molecule has 0 saturated heterocycles. The Bertz CT molecular complexity index is 841. The van der Waals surface area contributed by atoms with Gasteiger partial charge in [-0.15, -0.1) is 0 Å². The third-order valence-corrected chi connectivity index (χ3v) is 7.34. The molecule has 3 fully saturated rings. The molecule has 3 aliphatic carbocycles. The minimum atomic E-state index is -0.573. The van der Waals surface area contributed by atoms with Crippen molar-refractivity contribution in [2.75, 3.05) is 7.11 Å². The second-order valence-electron chi connectivity index (χ2n) is 11.7. The van der Waals surface area contributed by atoms with Crippen molar-refractivity contribution in [2.45, 2.75) is 103 Å². The van der Waals surface area contributed by atoms with E-state index in [2.05, 4.69) is 19.0 Å². The van der Waals surface area contributed by atoms with E-state index in [-0.39, 0.29) is 23.8 Å². The second kappa shape index (κ2) is 8.83. The molecule has 0 aliphatic heterocycles. The zero-order chi connectivity index (χ0) is 23.2. The Balaban J connectivity index is 1.59. The molecule has 178 valence electrons. The third kappa shape index (κ3) is 4.89. The lowest BCUT2D eigenvalue weighted by molar-refractivity contribution is -0.160. The highest BCUT2D eigenvalue weighted by Crippen LogP contribution is 2.55. The first-order valence-electron chi connectivity index (χ1n) is 12.4. The van der Waals surface area contributed by atoms with Crippen LogP contribution in [0.3, 0.4) is 0 Å². The smallest absolute Gasteiger partial charge is 0.310 e. The SMILES string of the molecule is COC(=O)C1C[C@H](C(=O)OC(C)(C)C)[C@@H](c2noc(C3CC(CC(C)C)C3)c2C2CC2)C1. The standard InChI is InChI=1S/C26H39NO5/c1-14(2)9-15-10-17(11-15)23-21(16-7-8-16)22(27-32-23)19-12-18(24(28)30-6)13-20(19)25(29)31-26(3,4)5/h14-20H,7-13H2,1-6H3/t15?,17?,18?,19-,20-/m0/s1. The number of hydrogen-bond acceptors (Lipinski definition) is 6. The molecule has 0 N–H and O–H groups in total. The van der Waals surface area contributed by atoms with Crippen LogP contribution in [0.1, 0.15) is 114 Å². The molecule has 0 radical (unpaired) electrons. The molecule has 1 aromatic heterocycles. The van der Waals surface area contributed by atoms with Crippen LogP contribution in [0.5, 0.6) is 0 Å². The molecule has 0 spiro atoms. The van der Waals surface area contributed by atoms with Crippen LogP contribution in [0, 0.1) is 23.7 Å². The minimum Gasteiger partial charge on any atom is -0.469 e. The summed E-state index contributed by atoms with van der Waals surface area (Å²) in [5.74, 6) is 2.08. The Labute approximate surface area is 191 Å². The van der Waals surface area contributed by atoms with Gasteiger partial charge in [0.25, 0.3) is 0 Å². The van der Waals surface area contributed by atoms with Crippen molar-refractivity contribution in [3.05, 3.63) is 17.0 Å². The van der Waals surface area contributed by atoms with Crippen LogP contribution in [0.25, 0.3) is 0 Å². The van der Waals surface area contributed by atoms with E-state index < -0.39 is 11.5 Å². The maximum Gasteiger partial charge on any atom is 0.310 e. The number of methoxy groups -OCH3 is 1. The summed E-state index contributed by atoms with van der Waals surface area (Å²) in [6.45, 7) is 10.2. The highest BCUT2D eigenvalue weighted by atomic mass is 16.6. The number of aromatic nitrogens is 1. The van der Waals surface area contributed by atoms with Gasteiger partial charge in [-0.05, 0) is 83.5 Å². The first kappa shape index (κ1) is 23.3. The summed E-state index contributed by atoms with van der Waals surface area (Å²) < 4.78 is 16.8. The van der Waals surface area contributed by atoms with Gasteiger partial charge in [0.15, 0.2) is 0 Å². The topological polar surface area (TPSA) is 78.6 Å². The molecule has 1 aromatic rings. The van der Waals surface area contributed by atoms with Gasteiger partial charge in [0.1, 0.15) is 11.4 Å². The number of nitrogens with zero attached hydrogens (tertiary/aromatic N) is 1. The quantitative estimate of drug-likeness (QED) is 0.500. The fraction of sp³-hybridized carbons (Fsp3) is 0.808. The maximum atomic E-state index is 13.1. The first-order valence-corrected chi connectivity index (χ1v) is 12.4. The van der Waals surface area contributed by atoms with Crippen LogP contribution in [-0.2, 0) is 19.1 Å². The fourth-order valence-corrected chi connectivity index (χ4v) is 5.81. The van der Waals surface area contributed by atoms with Gasteiger partial charge in [0, 0.05) is 17.4 Å². The number of ether oxygens (including phenoxy) is 2. The van der Waals surface area contributed by atoms with Gasteiger partial charge in [-0.3, -0.25) is 9.59 Å². The van der Waals surface area contributed by atoms with Crippen LogP contribution in [0.15, 0.2) is 4.52 Å². The molecule has 4 rings (SSSR count). The lowest BCUT2D eigenvalue weighted by Crippen LogP contribution is -2.30. The fourth-order valence-electron chi connectivity index (χ4n) is 5.81. The van der Waals surface area contributed by atoms with E-state index in [0.29, 0.717) is 24.7 Å². The van der Waals surface area contributed by atoms with E-state index in [4.69, 9.17) is 14.0 Å². The van der Waals surface area contributed by atoms with Crippen LogP contribution >= 0.6 is 0 Å². The molecule has 3 saturated carbocycles. The van der Waals surface area contributed by atoms with E-state index >= 15 is 0 Å². The number of carbonyl (C=O) groups excluding carboxylic acids is 2. The summed E-state index contributed by atoms with van der Waals surface area (Å²) in [6, 6.07) is 0. The average Bonchev–Trinajstić information content (AvgIpc) is 3.25. The zero-order valence-corrected chi connectivity index (χ0v) is 20.5. The molecule has 1 unspecified atom stereocenters. The van der Waals surface area contributed by atoms with Crippen molar-refractivity contribution in [1.82, 2.24) is 5.16 Å². The Morgan fingerprint density at radius 2 is 1.75 bits per heavy atom. The number of esters is 2. The van der Waals surface area contributed by atoms with Crippen molar-refractivity contribution in [3.8, 4) is 0 Å². The Kier molecular flexibility index (Phi) is 6.43. The number of rotatable bonds is 7. The van der Waals surface area contributed by atoms with Crippen LogP contribution < -0.4 is 0 Å². The van der Waals surface area contributed by atoms with Crippen LogP contribution in [0.2, 0.25) is 0 Å². The van der Waals surface area contributed by atoms with Gasteiger partial charge < -0.3 is 14.0 Å². The average molecular weight is 446 g/mol. The zero-order valence-electron chi connectivity index (χ0n) is 20.5. The first-order chi connectivity index (χ1) is 15.1. The minimum absolute atomic E-state index is 0.159. The van der Waals surface area contributed by atoms with Crippen LogP contribution in [-0.4, -0.2) is 29.8 Å². The molecule has 3 atom stereocenters. The Morgan fingerprint density at radius 3 is 2.31 bits per heavy atom. The number of hydrogen-bond donors (Lipinski definition) is 0. The predicted octanol–water partition coefficient (Wildman–Crippen LogP) is 5.72. The Morgan fingerprint density at radius 1 is 1.06 bits per heavy atom. The van der Waals surface area contributed by atoms with Crippen molar-refractivity contribution < 1.29 is 23.6 Å². The van der Waals surface area contributed by atoms with E-state index in [1.54, 1.807) is 0 Å². The van der Waals surface area contributed by atoms with E-state index in [1.165, 1.54) is 19.1 Å². The predicted molar refractivity (Wildman–Crippen MR) is 120 cm³/mol. The van der Waals surface area contributed by atoms with Crippen LogP contribution in [0.4, 0.5) is 0 Å². The summed E-state index contributed by atoms with van der Waals surface area (Å²) in [5, 5.41) is 4.56.